The zero-order chi connectivity index (χ0) is 26.4. The van der Waals surface area contributed by atoms with Gasteiger partial charge in [0.1, 0.15) is 23.7 Å². The van der Waals surface area contributed by atoms with Crippen molar-refractivity contribution in [3.8, 4) is 11.5 Å². The van der Waals surface area contributed by atoms with Gasteiger partial charge in [-0.15, -0.1) is 0 Å². The second-order valence-corrected chi connectivity index (χ2v) is 9.54. The summed E-state index contributed by atoms with van der Waals surface area (Å²) < 4.78 is 12.3. The molecule has 0 atom stereocenters. The first-order chi connectivity index (χ1) is 17.9. The van der Waals surface area contributed by atoms with Crippen molar-refractivity contribution >= 4 is 57.1 Å². The quantitative estimate of drug-likeness (QED) is 0.176. The molecule has 0 bridgehead atoms. The van der Waals surface area contributed by atoms with Crippen LogP contribution in [0.4, 0.5) is 10.5 Å². The Kier molecular flexibility index (Phi) is 8.63. The van der Waals surface area contributed by atoms with E-state index >= 15 is 0 Å². The molecule has 0 radical (unpaired) electrons. The topological polar surface area (TPSA) is 84.9 Å². The highest BCUT2D eigenvalue weighted by Gasteiger charge is 2.37. The third-order valence-corrected chi connectivity index (χ3v) is 6.44. The highest BCUT2D eigenvalue weighted by atomic mass is 79.9. The van der Waals surface area contributed by atoms with Crippen molar-refractivity contribution in [3.05, 3.63) is 92.9 Å². The minimum Gasteiger partial charge on any atom is -0.494 e. The molecule has 4 amide bonds. The smallest absolute Gasteiger partial charge is 0.335 e. The van der Waals surface area contributed by atoms with Gasteiger partial charge in [-0.05, 0) is 61.0 Å². The number of barbiturate groups is 1. The van der Waals surface area contributed by atoms with Crippen LogP contribution in [0.3, 0.4) is 0 Å². The number of imide groups is 2. The number of hydrogen-bond acceptors (Lipinski definition) is 5. The van der Waals surface area contributed by atoms with Crippen LogP contribution in [0.2, 0.25) is 5.02 Å². The third kappa shape index (κ3) is 6.39. The average molecular weight is 584 g/mol. The summed E-state index contributed by atoms with van der Waals surface area (Å²) in [6.07, 6.45) is 3.34. The summed E-state index contributed by atoms with van der Waals surface area (Å²) in [6, 6.07) is 18.3. The van der Waals surface area contributed by atoms with Gasteiger partial charge >= 0.3 is 6.03 Å². The highest BCUT2D eigenvalue weighted by Crippen LogP contribution is 2.30. The number of unbranched alkanes of at least 4 members (excludes halogenated alkanes) is 1. The van der Waals surface area contributed by atoms with Crippen LogP contribution in [0.5, 0.6) is 11.5 Å². The minimum absolute atomic E-state index is 0.189. The number of amides is 4. The number of rotatable bonds is 9. The Morgan fingerprint density at radius 1 is 1.00 bits per heavy atom. The molecule has 3 aromatic rings. The predicted octanol–water partition coefficient (Wildman–Crippen LogP) is 6.53. The fourth-order valence-corrected chi connectivity index (χ4v) is 4.18. The van der Waals surface area contributed by atoms with Gasteiger partial charge in [-0.3, -0.25) is 14.9 Å². The van der Waals surface area contributed by atoms with Crippen LogP contribution < -0.4 is 19.7 Å². The van der Waals surface area contributed by atoms with Gasteiger partial charge in [-0.1, -0.05) is 59.1 Å². The molecule has 1 N–H and O–H groups in total. The Morgan fingerprint density at radius 2 is 1.76 bits per heavy atom. The van der Waals surface area contributed by atoms with Crippen LogP contribution in [-0.4, -0.2) is 24.5 Å². The van der Waals surface area contributed by atoms with E-state index in [4.69, 9.17) is 21.1 Å². The number of benzene rings is 3. The van der Waals surface area contributed by atoms with E-state index in [1.165, 1.54) is 6.08 Å². The zero-order valence-corrected chi connectivity index (χ0v) is 22.3. The predicted molar refractivity (Wildman–Crippen MR) is 146 cm³/mol. The molecular weight excluding hydrogens is 560 g/mol. The maximum Gasteiger partial charge on any atom is 0.335 e. The molecule has 37 heavy (non-hydrogen) atoms. The summed E-state index contributed by atoms with van der Waals surface area (Å²) in [5.74, 6) is -0.468. The number of urea groups is 1. The lowest BCUT2D eigenvalue weighted by molar-refractivity contribution is -0.122. The van der Waals surface area contributed by atoms with Crippen LogP contribution in [0, 0.1) is 0 Å². The van der Waals surface area contributed by atoms with Gasteiger partial charge in [-0.2, -0.15) is 0 Å². The van der Waals surface area contributed by atoms with Crippen LogP contribution in [-0.2, 0) is 16.2 Å². The van der Waals surface area contributed by atoms with Crippen molar-refractivity contribution < 1.29 is 23.9 Å². The fourth-order valence-electron chi connectivity index (χ4n) is 3.61. The maximum atomic E-state index is 13.3. The van der Waals surface area contributed by atoms with E-state index in [1.807, 2.05) is 18.2 Å². The maximum absolute atomic E-state index is 13.3. The van der Waals surface area contributed by atoms with E-state index in [0.717, 1.165) is 27.8 Å². The molecule has 3 aromatic carbocycles. The molecule has 190 valence electrons. The van der Waals surface area contributed by atoms with Crippen LogP contribution in [0.1, 0.15) is 30.9 Å². The average Bonchev–Trinajstić information content (AvgIpc) is 2.88. The molecule has 4 rings (SSSR count). The van der Waals surface area contributed by atoms with Crippen LogP contribution >= 0.6 is 27.5 Å². The summed E-state index contributed by atoms with van der Waals surface area (Å²) in [6.45, 7) is 2.84. The van der Waals surface area contributed by atoms with Gasteiger partial charge in [0.15, 0.2) is 0 Å². The number of carbonyl (C=O) groups is 3. The Bertz CT molecular complexity index is 1360. The van der Waals surface area contributed by atoms with E-state index in [1.54, 1.807) is 48.5 Å². The van der Waals surface area contributed by atoms with E-state index in [-0.39, 0.29) is 12.2 Å². The summed E-state index contributed by atoms with van der Waals surface area (Å²) in [7, 11) is 0. The van der Waals surface area contributed by atoms with Gasteiger partial charge in [-0.25, -0.2) is 9.69 Å². The molecular formula is C28H24BrClN2O5. The molecule has 0 aromatic heterocycles. The fraction of sp³-hybridized carbons (Fsp3) is 0.179. The van der Waals surface area contributed by atoms with Crippen LogP contribution in [0.15, 0.2) is 76.8 Å². The van der Waals surface area contributed by atoms with Crippen molar-refractivity contribution in [1.29, 1.82) is 0 Å². The van der Waals surface area contributed by atoms with E-state index in [9.17, 15) is 14.4 Å². The monoisotopic (exact) mass is 582 g/mol. The van der Waals surface area contributed by atoms with Crippen molar-refractivity contribution in [2.24, 2.45) is 0 Å². The lowest BCUT2D eigenvalue weighted by Gasteiger charge is -2.26. The number of ether oxygens (including phenoxy) is 2. The molecule has 1 fully saturated rings. The first kappa shape index (κ1) is 26.4. The zero-order valence-electron chi connectivity index (χ0n) is 20.0. The second-order valence-electron chi connectivity index (χ2n) is 8.22. The standard InChI is InChI=1S/C28H24BrClN2O5/c1-2-3-14-36-22-11-9-21(10-12-22)32-27(34)23(26(33)31-28(32)35)16-19-15-20(29)8-13-25(19)37-17-18-6-4-5-7-24(18)30/h4-13,15-16H,2-3,14,17H2,1H3,(H,31,33,35)/b23-16-. The summed E-state index contributed by atoms with van der Waals surface area (Å²) in [5.41, 5.74) is 1.38. The molecule has 0 spiro atoms. The van der Waals surface area contributed by atoms with E-state index in [2.05, 4.69) is 28.2 Å². The molecule has 1 saturated heterocycles. The van der Waals surface area contributed by atoms with Gasteiger partial charge in [0.05, 0.1) is 12.3 Å². The first-order valence-electron chi connectivity index (χ1n) is 11.7. The van der Waals surface area contributed by atoms with Crippen molar-refractivity contribution in [2.75, 3.05) is 11.5 Å². The lowest BCUT2D eigenvalue weighted by Crippen LogP contribution is -2.54. The van der Waals surface area contributed by atoms with Crippen molar-refractivity contribution in [2.45, 2.75) is 26.4 Å². The Hall–Kier alpha value is -3.62. The largest absolute Gasteiger partial charge is 0.494 e. The van der Waals surface area contributed by atoms with E-state index in [0.29, 0.717) is 34.4 Å². The molecule has 9 heteroatoms. The number of nitrogens with zero attached hydrogens (tertiary/aromatic N) is 1. The summed E-state index contributed by atoms with van der Waals surface area (Å²) >= 11 is 9.65. The summed E-state index contributed by atoms with van der Waals surface area (Å²) in [5, 5.41) is 2.81. The van der Waals surface area contributed by atoms with Gasteiger partial charge in [0, 0.05) is 20.6 Å². The molecule has 1 aliphatic heterocycles. The SMILES string of the molecule is CCCCOc1ccc(N2C(=O)NC(=O)/C(=C/c3cc(Br)ccc3OCc3ccccc3Cl)C2=O)cc1. The van der Waals surface area contributed by atoms with Gasteiger partial charge in [0.2, 0.25) is 0 Å². The second kappa shape index (κ2) is 12.1. The number of hydrogen-bond donors (Lipinski definition) is 1. The van der Waals surface area contributed by atoms with Crippen molar-refractivity contribution in [3.63, 3.8) is 0 Å². The van der Waals surface area contributed by atoms with Crippen molar-refractivity contribution in [1.82, 2.24) is 5.32 Å². The van der Waals surface area contributed by atoms with Gasteiger partial charge in [0.25, 0.3) is 11.8 Å². The molecule has 0 unspecified atom stereocenters. The lowest BCUT2D eigenvalue weighted by atomic mass is 10.1. The summed E-state index contributed by atoms with van der Waals surface area (Å²) in [4.78, 5) is 39.5. The Morgan fingerprint density at radius 3 is 2.49 bits per heavy atom. The normalized spacial score (nSPS) is 14.6. The molecule has 1 heterocycles. The Labute approximate surface area is 228 Å². The van der Waals surface area contributed by atoms with E-state index < -0.39 is 17.8 Å². The third-order valence-electron chi connectivity index (χ3n) is 5.58. The number of nitrogens with one attached hydrogen (secondary N) is 1. The molecule has 0 saturated carbocycles. The van der Waals surface area contributed by atoms with Gasteiger partial charge < -0.3 is 9.47 Å². The first-order valence-corrected chi connectivity index (χ1v) is 12.8. The molecule has 0 aliphatic carbocycles. The highest BCUT2D eigenvalue weighted by molar-refractivity contribution is 9.10. The minimum atomic E-state index is -0.823. The Balaban J connectivity index is 1.60. The number of carbonyl (C=O) groups excluding carboxylic acids is 3. The number of anilines is 1. The molecule has 1 aliphatic rings. The van der Waals surface area contributed by atoms with Crippen LogP contribution in [0.25, 0.3) is 6.08 Å². The molecule has 7 nitrogen and oxygen atoms in total. The number of halogens is 2.